The molecule has 0 bridgehead atoms. The lowest BCUT2D eigenvalue weighted by Crippen LogP contribution is -2.43. The molecule has 0 aliphatic heterocycles. The molecular weight excluding hydrogens is 240 g/mol. The van der Waals surface area contributed by atoms with E-state index in [1.807, 2.05) is 45.0 Å². The summed E-state index contributed by atoms with van der Waals surface area (Å²) in [6.45, 7) is 7.90. The zero-order valence-electron chi connectivity index (χ0n) is 12.1. The minimum Gasteiger partial charge on any atom is -0.350 e. The summed E-state index contributed by atoms with van der Waals surface area (Å²) in [4.78, 5) is 24.7. The first-order chi connectivity index (χ1) is 8.90. The lowest BCUT2D eigenvalue weighted by atomic mass is 10.1. The van der Waals surface area contributed by atoms with Gasteiger partial charge in [0, 0.05) is 19.5 Å². The van der Waals surface area contributed by atoms with Gasteiger partial charge in [0.2, 0.25) is 11.8 Å². The summed E-state index contributed by atoms with van der Waals surface area (Å²) in [6.07, 6.45) is 0. The molecule has 19 heavy (non-hydrogen) atoms. The second-order valence-corrected chi connectivity index (χ2v) is 5.00. The normalized spacial score (nSPS) is 10.4. The molecule has 0 heterocycles. The number of hydrogen-bond donors (Lipinski definition) is 1. The van der Waals surface area contributed by atoms with Crippen LogP contribution in [0.3, 0.4) is 0 Å². The number of carbonyl (C=O) groups is 2. The van der Waals surface area contributed by atoms with Gasteiger partial charge in [-0.25, -0.2) is 0 Å². The van der Waals surface area contributed by atoms with Crippen LogP contribution in [-0.4, -0.2) is 29.3 Å². The fraction of sp³-hybridized carbons (Fsp3) is 0.467. The Bertz CT molecular complexity index is 438. The Morgan fingerprint density at radius 1 is 1.21 bits per heavy atom. The van der Waals surface area contributed by atoms with Crippen molar-refractivity contribution in [1.29, 1.82) is 0 Å². The van der Waals surface area contributed by atoms with Crippen molar-refractivity contribution in [2.75, 3.05) is 6.54 Å². The van der Waals surface area contributed by atoms with Gasteiger partial charge in [-0.1, -0.05) is 29.8 Å². The molecule has 4 nitrogen and oxygen atoms in total. The molecule has 1 aromatic rings. The first kappa shape index (κ1) is 15.2. The highest BCUT2D eigenvalue weighted by Crippen LogP contribution is 2.03. The molecule has 0 saturated heterocycles. The first-order valence-electron chi connectivity index (χ1n) is 6.49. The predicted molar refractivity (Wildman–Crippen MR) is 75.5 cm³/mol. The highest BCUT2D eigenvalue weighted by Gasteiger charge is 2.16. The van der Waals surface area contributed by atoms with E-state index >= 15 is 0 Å². The number of benzene rings is 1. The van der Waals surface area contributed by atoms with Crippen LogP contribution in [0.2, 0.25) is 0 Å². The van der Waals surface area contributed by atoms with E-state index in [2.05, 4.69) is 5.32 Å². The van der Waals surface area contributed by atoms with Crippen molar-refractivity contribution in [2.24, 2.45) is 0 Å². The Morgan fingerprint density at radius 2 is 1.79 bits per heavy atom. The number of aryl methyl sites for hydroxylation is 1. The monoisotopic (exact) mass is 262 g/mol. The highest BCUT2D eigenvalue weighted by atomic mass is 16.2. The van der Waals surface area contributed by atoms with E-state index in [0.717, 1.165) is 5.56 Å². The Hall–Kier alpha value is -1.84. The molecule has 2 amide bonds. The average Bonchev–Trinajstić information content (AvgIpc) is 2.34. The van der Waals surface area contributed by atoms with Crippen LogP contribution in [0.25, 0.3) is 0 Å². The van der Waals surface area contributed by atoms with E-state index < -0.39 is 0 Å². The van der Waals surface area contributed by atoms with E-state index in [-0.39, 0.29) is 24.4 Å². The van der Waals surface area contributed by atoms with Gasteiger partial charge in [0.05, 0.1) is 6.54 Å². The van der Waals surface area contributed by atoms with Crippen molar-refractivity contribution in [3.8, 4) is 0 Å². The standard InChI is InChI=1S/C15H22N2O2/c1-11(2)17(13(4)18)10-15(19)16-9-14-7-5-12(3)6-8-14/h5-8,11H,9-10H2,1-4H3,(H,16,19). The SMILES string of the molecule is CC(=O)N(CC(=O)NCc1ccc(C)cc1)C(C)C. The molecule has 1 N–H and O–H groups in total. The maximum absolute atomic E-state index is 11.8. The number of nitrogens with zero attached hydrogens (tertiary/aromatic N) is 1. The second kappa shape index (κ2) is 6.92. The summed E-state index contributed by atoms with van der Waals surface area (Å²) < 4.78 is 0. The quantitative estimate of drug-likeness (QED) is 0.880. The molecule has 0 saturated carbocycles. The van der Waals surface area contributed by atoms with Crippen molar-refractivity contribution in [3.05, 3.63) is 35.4 Å². The predicted octanol–water partition coefficient (Wildman–Crippen LogP) is 1.87. The third-order valence-electron chi connectivity index (χ3n) is 2.95. The van der Waals surface area contributed by atoms with Gasteiger partial charge >= 0.3 is 0 Å². The fourth-order valence-corrected chi connectivity index (χ4v) is 1.77. The smallest absolute Gasteiger partial charge is 0.239 e. The first-order valence-corrected chi connectivity index (χ1v) is 6.49. The lowest BCUT2D eigenvalue weighted by Gasteiger charge is -2.24. The van der Waals surface area contributed by atoms with Crippen molar-refractivity contribution >= 4 is 11.8 Å². The maximum atomic E-state index is 11.8. The van der Waals surface area contributed by atoms with Crippen molar-refractivity contribution in [2.45, 2.75) is 40.3 Å². The van der Waals surface area contributed by atoms with Crippen molar-refractivity contribution < 1.29 is 9.59 Å². The summed E-state index contributed by atoms with van der Waals surface area (Å²) in [7, 11) is 0. The van der Waals surface area contributed by atoms with Gasteiger partial charge in [0.25, 0.3) is 0 Å². The van der Waals surface area contributed by atoms with Crippen molar-refractivity contribution in [3.63, 3.8) is 0 Å². The fourth-order valence-electron chi connectivity index (χ4n) is 1.77. The molecule has 1 aromatic carbocycles. The van der Waals surface area contributed by atoms with Gasteiger partial charge in [0.15, 0.2) is 0 Å². The van der Waals surface area contributed by atoms with Crippen LogP contribution in [0.1, 0.15) is 31.9 Å². The van der Waals surface area contributed by atoms with E-state index in [9.17, 15) is 9.59 Å². The van der Waals surface area contributed by atoms with Crippen LogP contribution in [0, 0.1) is 6.92 Å². The highest BCUT2D eigenvalue weighted by molar-refractivity contribution is 5.83. The zero-order chi connectivity index (χ0) is 14.4. The lowest BCUT2D eigenvalue weighted by molar-refractivity contribution is -0.136. The van der Waals surface area contributed by atoms with Gasteiger partial charge in [-0.05, 0) is 26.3 Å². The van der Waals surface area contributed by atoms with E-state index in [1.165, 1.54) is 12.5 Å². The molecule has 0 radical (unpaired) electrons. The summed E-state index contributed by atoms with van der Waals surface area (Å²) in [5.41, 5.74) is 2.25. The van der Waals surface area contributed by atoms with Crippen LogP contribution in [0.4, 0.5) is 0 Å². The summed E-state index contributed by atoms with van der Waals surface area (Å²) >= 11 is 0. The van der Waals surface area contributed by atoms with E-state index in [1.54, 1.807) is 4.90 Å². The minimum absolute atomic E-state index is 0.0302. The second-order valence-electron chi connectivity index (χ2n) is 5.00. The van der Waals surface area contributed by atoms with Crippen LogP contribution < -0.4 is 5.32 Å². The molecule has 4 heteroatoms. The molecule has 0 fully saturated rings. The van der Waals surface area contributed by atoms with Gasteiger partial charge < -0.3 is 10.2 Å². The molecular formula is C15H22N2O2. The third-order valence-corrected chi connectivity index (χ3v) is 2.95. The summed E-state index contributed by atoms with van der Waals surface area (Å²) in [6, 6.07) is 8.03. The van der Waals surface area contributed by atoms with Gasteiger partial charge in [-0.2, -0.15) is 0 Å². The number of nitrogens with one attached hydrogen (secondary N) is 1. The van der Waals surface area contributed by atoms with Crippen molar-refractivity contribution in [1.82, 2.24) is 10.2 Å². The third kappa shape index (κ3) is 5.12. The van der Waals surface area contributed by atoms with Crippen LogP contribution in [0.5, 0.6) is 0 Å². The number of rotatable bonds is 5. The van der Waals surface area contributed by atoms with Crippen LogP contribution in [-0.2, 0) is 16.1 Å². The Kier molecular flexibility index (Phi) is 5.55. The molecule has 104 valence electrons. The maximum Gasteiger partial charge on any atom is 0.239 e. The largest absolute Gasteiger partial charge is 0.350 e. The molecule has 0 unspecified atom stereocenters. The summed E-state index contributed by atoms with van der Waals surface area (Å²) in [5.74, 6) is -0.218. The van der Waals surface area contributed by atoms with Gasteiger partial charge in [0.1, 0.15) is 0 Å². The zero-order valence-corrected chi connectivity index (χ0v) is 12.1. The van der Waals surface area contributed by atoms with E-state index in [0.29, 0.717) is 6.54 Å². The van der Waals surface area contributed by atoms with Crippen LogP contribution in [0.15, 0.2) is 24.3 Å². The molecule has 0 aliphatic carbocycles. The average molecular weight is 262 g/mol. The van der Waals surface area contributed by atoms with Gasteiger partial charge in [-0.15, -0.1) is 0 Å². The topological polar surface area (TPSA) is 49.4 Å². The van der Waals surface area contributed by atoms with Crippen LogP contribution >= 0.6 is 0 Å². The Balaban J connectivity index is 2.47. The molecule has 0 spiro atoms. The number of hydrogen-bond acceptors (Lipinski definition) is 2. The Labute approximate surface area is 114 Å². The Morgan fingerprint density at radius 3 is 2.26 bits per heavy atom. The number of carbonyl (C=O) groups excluding carboxylic acids is 2. The van der Waals surface area contributed by atoms with Gasteiger partial charge in [-0.3, -0.25) is 9.59 Å². The minimum atomic E-state index is -0.135. The molecule has 1 rings (SSSR count). The molecule has 0 aliphatic rings. The molecule has 0 aromatic heterocycles. The van der Waals surface area contributed by atoms with E-state index in [4.69, 9.17) is 0 Å². The number of amides is 2. The summed E-state index contributed by atoms with van der Waals surface area (Å²) in [5, 5.41) is 2.83. The molecule has 0 atom stereocenters.